The van der Waals surface area contributed by atoms with E-state index >= 15 is 0 Å². The number of aromatic carboxylic acids is 1. The summed E-state index contributed by atoms with van der Waals surface area (Å²) in [4.78, 5) is 26.8. The van der Waals surface area contributed by atoms with E-state index in [9.17, 15) is 9.59 Å². The number of anilines is 1. The van der Waals surface area contributed by atoms with Crippen LogP contribution in [-0.2, 0) is 0 Å². The molecule has 0 fully saturated rings. The van der Waals surface area contributed by atoms with Crippen molar-refractivity contribution < 1.29 is 14.7 Å². The van der Waals surface area contributed by atoms with Gasteiger partial charge in [0.25, 0.3) is 5.91 Å². The molecule has 21 heavy (non-hydrogen) atoms. The van der Waals surface area contributed by atoms with Gasteiger partial charge in [0.15, 0.2) is 0 Å². The highest BCUT2D eigenvalue weighted by molar-refractivity contribution is 6.06. The molecule has 3 N–H and O–H groups in total. The summed E-state index contributed by atoms with van der Waals surface area (Å²) >= 11 is 0. The average molecular weight is 282 g/mol. The molecule has 2 aromatic heterocycles. The molecule has 2 heterocycles. The molecule has 7 heteroatoms. The SMILES string of the molecule is O=C(O)c1cncc(NC(=O)c2ccc3[nH]ncc3c2)c1. The molecule has 0 spiro atoms. The van der Waals surface area contributed by atoms with Gasteiger partial charge in [0.05, 0.1) is 29.2 Å². The second kappa shape index (κ2) is 5.04. The number of aromatic amines is 1. The molecule has 0 atom stereocenters. The van der Waals surface area contributed by atoms with E-state index in [0.717, 1.165) is 10.9 Å². The zero-order valence-electron chi connectivity index (χ0n) is 10.7. The van der Waals surface area contributed by atoms with Gasteiger partial charge in [0.1, 0.15) is 0 Å². The van der Waals surface area contributed by atoms with Gasteiger partial charge in [0.2, 0.25) is 0 Å². The number of aromatic nitrogens is 3. The van der Waals surface area contributed by atoms with Crippen molar-refractivity contribution in [1.82, 2.24) is 15.2 Å². The largest absolute Gasteiger partial charge is 0.478 e. The Morgan fingerprint density at radius 2 is 1.95 bits per heavy atom. The number of rotatable bonds is 3. The van der Waals surface area contributed by atoms with E-state index in [1.54, 1.807) is 24.4 Å². The van der Waals surface area contributed by atoms with Crippen molar-refractivity contribution >= 4 is 28.5 Å². The first kappa shape index (κ1) is 12.8. The van der Waals surface area contributed by atoms with Crippen LogP contribution in [-0.4, -0.2) is 32.2 Å². The normalized spacial score (nSPS) is 10.5. The maximum absolute atomic E-state index is 12.1. The van der Waals surface area contributed by atoms with Gasteiger partial charge in [-0.15, -0.1) is 0 Å². The highest BCUT2D eigenvalue weighted by Crippen LogP contribution is 2.15. The number of hydrogen-bond acceptors (Lipinski definition) is 4. The fourth-order valence-electron chi connectivity index (χ4n) is 1.91. The van der Waals surface area contributed by atoms with E-state index in [-0.39, 0.29) is 11.5 Å². The maximum atomic E-state index is 12.1. The molecule has 0 aliphatic carbocycles. The highest BCUT2D eigenvalue weighted by Gasteiger charge is 2.10. The molecule has 0 saturated heterocycles. The quantitative estimate of drug-likeness (QED) is 0.680. The Balaban J connectivity index is 1.85. The van der Waals surface area contributed by atoms with Crippen LogP contribution in [0.2, 0.25) is 0 Å². The van der Waals surface area contributed by atoms with E-state index in [4.69, 9.17) is 5.11 Å². The Hall–Kier alpha value is -3.22. The summed E-state index contributed by atoms with van der Waals surface area (Å²) in [6, 6.07) is 6.46. The van der Waals surface area contributed by atoms with E-state index in [2.05, 4.69) is 20.5 Å². The predicted octanol–water partition coefficient (Wildman–Crippen LogP) is 1.91. The topological polar surface area (TPSA) is 108 Å². The lowest BCUT2D eigenvalue weighted by Gasteiger charge is -2.05. The van der Waals surface area contributed by atoms with Crippen molar-refractivity contribution in [2.45, 2.75) is 0 Å². The van der Waals surface area contributed by atoms with Gasteiger partial charge in [-0.3, -0.25) is 14.9 Å². The van der Waals surface area contributed by atoms with E-state index < -0.39 is 5.97 Å². The fraction of sp³-hybridized carbons (Fsp3) is 0. The second-order valence-electron chi connectivity index (χ2n) is 4.39. The molecular weight excluding hydrogens is 272 g/mol. The van der Waals surface area contributed by atoms with E-state index in [0.29, 0.717) is 11.3 Å². The molecule has 1 amide bonds. The van der Waals surface area contributed by atoms with Crippen LogP contribution in [0.3, 0.4) is 0 Å². The first-order valence-corrected chi connectivity index (χ1v) is 6.06. The lowest BCUT2D eigenvalue weighted by atomic mass is 10.1. The summed E-state index contributed by atoms with van der Waals surface area (Å²) in [5.74, 6) is -1.44. The number of benzene rings is 1. The van der Waals surface area contributed by atoms with Gasteiger partial charge < -0.3 is 10.4 Å². The smallest absolute Gasteiger partial charge is 0.337 e. The molecule has 0 bridgehead atoms. The van der Waals surface area contributed by atoms with Crippen LogP contribution in [0.25, 0.3) is 10.9 Å². The second-order valence-corrected chi connectivity index (χ2v) is 4.39. The number of amides is 1. The molecule has 0 aliphatic rings. The lowest BCUT2D eigenvalue weighted by Crippen LogP contribution is -2.12. The van der Waals surface area contributed by atoms with Gasteiger partial charge >= 0.3 is 5.97 Å². The minimum atomic E-state index is -1.10. The third-order valence-corrected chi connectivity index (χ3v) is 2.95. The van der Waals surface area contributed by atoms with Gasteiger partial charge in [-0.1, -0.05) is 0 Å². The third kappa shape index (κ3) is 2.57. The summed E-state index contributed by atoms with van der Waals surface area (Å²) in [6.45, 7) is 0. The summed E-state index contributed by atoms with van der Waals surface area (Å²) < 4.78 is 0. The fourth-order valence-corrected chi connectivity index (χ4v) is 1.91. The van der Waals surface area contributed by atoms with Crippen molar-refractivity contribution in [1.29, 1.82) is 0 Å². The number of carboxylic acids is 1. The van der Waals surface area contributed by atoms with Crippen LogP contribution in [0.15, 0.2) is 42.9 Å². The Labute approximate surface area is 118 Å². The summed E-state index contributed by atoms with van der Waals surface area (Å²) in [6.07, 6.45) is 4.23. The molecule has 104 valence electrons. The van der Waals surface area contributed by atoms with Gasteiger partial charge in [-0.25, -0.2) is 4.79 Å². The van der Waals surface area contributed by atoms with Crippen LogP contribution < -0.4 is 5.32 Å². The maximum Gasteiger partial charge on any atom is 0.337 e. The zero-order valence-corrected chi connectivity index (χ0v) is 10.7. The number of nitrogens with one attached hydrogen (secondary N) is 2. The van der Waals surface area contributed by atoms with Crippen LogP contribution in [0.4, 0.5) is 5.69 Å². The molecule has 3 rings (SSSR count). The molecule has 1 aromatic carbocycles. The minimum Gasteiger partial charge on any atom is -0.478 e. The van der Waals surface area contributed by atoms with Gasteiger partial charge in [0, 0.05) is 17.1 Å². The third-order valence-electron chi connectivity index (χ3n) is 2.95. The first-order valence-electron chi connectivity index (χ1n) is 6.06. The molecule has 0 saturated carbocycles. The Kier molecular flexibility index (Phi) is 3.07. The molecular formula is C14H10N4O3. The average Bonchev–Trinajstić information content (AvgIpc) is 2.94. The molecule has 0 radical (unpaired) electrons. The number of H-pyrrole nitrogens is 1. The van der Waals surface area contributed by atoms with Crippen molar-refractivity contribution in [3.63, 3.8) is 0 Å². The number of nitrogens with zero attached hydrogens (tertiary/aromatic N) is 2. The summed E-state index contributed by atoms with van der Waals surface area (Å²) in [7, 11) is 0. The lowest BCUT2D eigenvalue weighted by molar-refractivity contribution is 0.0696. The van der Waals surface area contributed by atoms with Crippen LogP contribution in [0, 0.1) is 0 Å². The van der Waals surface area contributed by atoms with E-state index in [1.807, 2.05) is 0 Å². The molecule has 7 nitrogen and oxygen atoms in total. The number of carboxylic acid groups (broad SMARTS) is 1. The van der Waals surface area contributed by atoms with E-state index in [1.165, 1.54) is 18.5 Å². The Morgan fingerprint density at radius 3 is 2.76 bits per heavy atom. The van der Waals surface area contributed by atoms with Gasteiger partial charge in [-0.2, -0.15) is 5.10 Å². The number of carbonyl (C=O) groups excluding carboxylic acids is 1. The van der Waals surface area contributed by atoms with Gasteiger partial charge in [-0.05, 0) is 24.3 Å². The number of pyridine rings is 1. The number of carbonyl (C=O) groups is 2. The monoisotopic (exact) mass is 282 g/mol. The summed E-state index contributed by atoms with van der Waals surface area (Å²) in [5, 5.41) is 19.0. The van der Waals surface area contributed by atoms with Crippen molar-refractivity contribution in [2.24, 2.45) is 0 Å². The Bertz CT molecular complexity index is 841. The molecule has 0 unspecified atom stereocenters. The van der Waals surface area contributed by atoms with Crippen LogP contribution in [0.5, 0.6) is 0 Å². The highest BCUT2D eigenvalue weighted by atomic mass is 16.4. The van der Waals surface area contributed by atoms with Crippen molar-refractivity contribution in [3.05, 3.63) is 54.0 Å². The molecule has 0 aliphatic heterocycles. The van der Waals surface area contributed by atoms with Crippen molar-refractivity contribution in [3.8, 4) is 0 Å². The molecule has 3 aromatic rings. The van der Waals surface area contributed by atoms with Crippen molar-refractivity contribution in [2.75, 3.05) is 5.32 Å². The Morgan fingerprint density at radius 1 is 1.10 bits per heavy atom. The van der Waals surface area contributed by atoms with Crippen LogP contribution >= 0.6 is 0 Å². The first-order chi connectivity index (χ1) is 10.1. The number of fused-ring (bicyclic) bond motifs is 1. The zero-order chi connectivity index (χ0) is 14.8. The van der Waals surface area contributed by atoms with Crippen LogP contribution in [0.1, 0.15) is 20.7 Å². The summed E-state index contributed by atoms with van der Waals surface area (Å²) in [5.41, 5.74) is 1.62. The minimum absolute atomic E-state index is 0.0121. The standard InChI is InChI=1S/C14H10N4O3/c19-13(8-1-2-12-9(3-8)6-16-18-12)17-11-4-10(14(20)21)5-15-7-11/h1-7H,(H,16,18)(H,17,19)(H,20,21). The predicted molar refractivity (Wildman–Crippen MR) is 75.2 cm³/mol. The number of hydrogen-bond donors (Lipinski definition) is 3.